The van der Waals surface area contributed by atoms with Gasteiger partial charge in [-0.15, -0.1) is 0 Å². The number of H-pyrrole nitrogens is 1. The lowest BCUT2D eigenvalue weighted by Gasteiger charge is -1.94. The minimum Gasteiger partial charge on any atom is -0.390 e. The molecule has 0 spiro atoms. The maximum Gasteiger partial charge on any atom is 0.137 e. The average Bonchev–Trinajstić information content (AvgIpc) is 2.47. The number of aromatic amines is 1. The van der Waals surface area contributed by atoms with E-state index in [1.165, 1.54) is 5.56 Å². The molecule has 12 heavy (non-hydrogen) atoms. The Kier molecular flexibility index (Phi) is 1.59. The second-order valence-electron chi connectivity index (χ2n) is 2.83. The third-order valence-corrected chi connectivity index (χ3v) is 1.97. The van der Waals surface area contributed by atoms with Gasteiger partial charge in [0, 0.05) is 11.6 Å². The first-order valence-corrected chi connectivity index (χ1v) is 3.86. The van der Waals surface area contributed by atoms with E-state index in [-0.39, 0.29) is 6.61 Å². The second-order valence-corrected chi connectivity index (χ2v) is 2.83. The fraction of sp³-hybridized carbons (Fsp3) is 0.222. The molecule has 2 aromatic heterocycles. The van der Waals surface area contributed by atoms with E-state index in [0.29, 0.717) is 5.69 Å². The van der Waals surface area contributed by atoms with Crippen LogP contribution in [-0.2, 0) is 6.61 Å². The van der Waals surface area contributed by atoms with Crippen LogP contribution in [0.4, 0.5) is 0 Å². The lowest BCUT2D eigenvalue weighted by Crippen LogP contribution is -1.88. The van der Waals surface area contributed by atoms with Crippen LogP contribution in [0.5, 0.6) is 0 Å². The largest absolute Gasteiger partial charge is 0.390 e. The number of rotatable bonds is 1. The molecule has 0 amide bonds. The number of aliphatic hydroxyl groups excluding tert-OH is 1. The molecule has 3 heteroatoms. The highest BCUT2D eigenvalue weighted by Gasteiger charge is 2.00. The Morgan fingerprint density at radius 3 is 3.08 bits per heavy atom. The molecule has 0 aromatic carbocycles. The van der Waals surface area contributed by atoms with Gasteiger partial charge in [0.05, 0.1) is 12.3 Å². The molecule has 2 aromatic rings. The van der Waals surface area contributed by atoms with Gasteiger partial charge in [0.2, 0.25) is 0 Å². The SMILES string of the molecule is Cc1c[nH]c2nc(CO)ccc12. The van der Waals surface area contributed by atoms with Crippen LogP contribution < -0.4 is 0 Å². The van der Waals surface area contributed by atoms with Gasteiger partial charge in [0.25, 0.3) is 0 Å². The molecule has 0 fully saturated rings. The highest BCUT2D eigenvalue weighted by atomic mass is 16.3. The van der Waals surface area contributed by atoms with Crippen molar-refractivity contribution < 1.29 is 5.11 Å². The van der Waals surface area contributed by atoms with Crippen LogP contribution in [0.15, 0.2) is 18.3 Å². The van der Waals surface area contributed by atoms with E-state index < -0.39 is 0 Å². The number of nitrogens with zero attached hydrogens (tertiary/aromatic N) is 1. The highest BCUT2D eigenvalue weighted by molar-refractivity contribution is 5.79. The zero-order chi connectivity index (χ0) is 8.55. The van der Waals surface area contributed by atoms with Crippen LogP contribution in [0.3, 0.4) is 0 Å². The molecule has 0 aliphatic rings. The van der Waals surface area contributed by atoms with Crippen molar-refractivity contribution in [2.75, 3.05) is 0 Å². The van der Waals surface area contributed by atoms with Crippen molar-refractivity contribution in [3.8, 4) is 0 Å². The summed E-state index contributed by atoms with van der Waals surface area (Å²) in [5, 5.41) is 9.95. The van der Waals surface area contributed by atoms with Gasteiger partial charge in [-0.05, 0) is 24.6 Å². The van der Waals surface area contributed by atoms with Crippen molar-refractivity contribution in [2.24, 2.45) is 0 Å². The van der Waals surface area contributed by atoms with E-state index in [1.54, 1.807) is 0 Å². The molecular formula is C9H10N2O. The molecule has 0 aliphatic heterocycles. The molecule has 0 saturated heterocycles. The zero-order valence-electron chi connectivity index (χ0n) is 6.83. The fourth-order valence-electron chi connectivity index (χ4n) is 1.27. The fourth-order valence-corrected chi connectivity index (χ4v) is 1.27. The summed E-state index contributed by atoms with van der Waals surface area (Å²) < 4.78 is 0. The van der Waals surface area contributed by atoms with Gasteiger partial charge in [0.15, 0.2) is 0 Å². The van der Waals surface area contributed by atoms with Gasteiger partial charge in [-0.3, -0.25) is 0 Å². The highest BCUT2D eigenvalue weighted by Crippen LogP contribution is 2.15. The van der Waals surface area contributed by atoms with Crippen LogP contribution in [0, 0.1) is 6.92 Å². The van der Waals surface area contributed by atoms with Gasteiger partial charge in [-0.1, -0.05) is 0 Å². The third-order valence-electron chi connectivity index (χ3n) is 1.97. The molecule has 2 N–H and O–H groups in total. The quantitative estimate of drug-likeness (QED) is 0.665. The van der Waals surface area contributed by atoms with Gasteiger partial charge >= 0.3 is 0 Å². The second kappa shape index (κ2) is 2.60. The zero-order valence-corrected chi connectivity index (χ0v) is 6.83. The summed E-state index contributed by atoms with van der Waals surface area (Å²) in [6.07, 6.45) is 1.92. The molecular weight excluding hydrogens is 152 g/mol. The van der Waals surface area contributed by atoms with Crippen molar-refractivity contribution in [2.45, 2.75) is 13.5 Å². The van der Waals surface area contributed by atoms with Crippen molar-refractivity contribution in [1.82, 2.24) is 9.97 Å². The minimum absolute atomic E-state index is 0.00594. The Bertz CT molecular complexity index is 406. The Labute approximate surface area is 70.1 Å². The van der Waals surface area contributed by atoms with E-state index in [1.807, 2.05) is 25.3 Å². The molecule has 0 unspecified atom stereocenters. The number of aryl methyl sites for hydroxylation is 1. The van der Waals surface area contributed by atoms with E-state index in [4.69, 9.17) is 5.11 Å². The smallest absolute Gasteiger partial charge is 0.137 e. The van der Waals surface area contributed by atoms with Gasteiger partial charge < -0.3 is 10.1 Å². The third kappa shape index (κ3) is 0.987. The van der Waals surface area contributed by atoms with Gasteiger partial charge in [-0.2, -0.15) is 0 Å². The number of nitrogens with one attached hydrogen (secondary N) is 1. The van der Waals surface area contributed by atoms with Crippen LogP contribution in [0.25, 0.3) is 11.0 Å². The van der Waals surface area contributed by atoms with Crippen molar-refractivity contribution >= 4 is 11.0 Å². The molecule has 0 bridgehead atoms. The predicted molar refractivity (Wildman–Crippen MR) is 46.8 cm³/mol. The van der Waals surface area contributed by atoms with Crippen molar-refractivity contribution in [3.05, 3.63) is 29.6 Å². The lowest BCUT2D eigenvalue weighted by atomic mass is 10.2. The number of aliphatic hydroxyl groups is 1. The summed E-state index contributed by atoms with van der Waals surface area (Å²) in [6, 6.07) is 3.81. The lowest BCUT2D eigenvalue weighted by molar-refractivity contribution is 0.277. The number of hydrogen-bond donors (Lipinski definition) is 2. The summed E-state index contributed by atoms with van der Waals surface area (Å²) in [7, 11) is 0. The monoisotopic (exact) mass is 162 g/mol. The maximum atomic E-state index is 8.83. The Balaban J connectivity index is 2.69. The molecule has 3 nitrogen and oxygen atoms in total. The van der Waals surface area contributed by atoms with Crippen LogP contribution in [-0.4, -0.2) is 15.1 Å². The van der Waals surface area contributed by atoms with Gasteiger partial charge in [-0.25, -0.2) is 4.98 Å². The molecule has 0 saturated carbocycles. The standard InChI is InChI=1S/C9H10N2O/c1-6-4-10-9-8(6)3-2-7(5-12)11-9/h2-4,12H,5H2,1H3,(H,10,11). The van der Waals surface area contributed by atoms with Gasteiger partial charge in [0.1, 0.15) is 5.65 Å². The molecule has 0 radical (unpaired) electrons. The van der Waals surface area contributed by atoms with Crippen LogP contribution in [0.1, 0.15) is 11.3 Å². The number of fused-ring (bicyclic) bond motifs is 1. The normalized spacial score (nSPS) is 10.8. The summed E-state index contributed by atoms with van der Waals surface area (Å²) in [6.45, 7) is 2.02. The Morgan fingerprint density at radius 1 is 1.50 bits per heavy atom. The first-order valence-electron chi connectivity index (χ1n) is 3.86. The Hall–Kier alpha value is -1.35. The van der Waals surface area contributed by atoms with Crippen LogP contribution in [0.2, 0.25) is 0 Å². The van der Waals surface area contributed by atoms with Crippen LogP contribution >= 0.6 is 0 Å². The maximum absolute atomic E-state index is 8.83. The molecule has 2 rings (SSSR count). The van der Waals surface area contributed by atoms with Crippen molar-refractivity contribution in [1.29, 1.82) is 0 Å². The number of hydrogen-bond acceptors (Lipinski definition) is 2. The van der Waals surface area contributed by atoms with E-state index in [2.05, 4.69) is 9.97 Å². The predicted octanol–water partition coefficient (Wildman–Crippen LogP) is 1.36. The molecule has 0 atom stereocenters. The summed E-state index contributed by atoms with van der Waals surface area (Å²) in [5.74, 6) is 0. The Morgan fingerprint density at radius 2 is 2.33 bits per heavy atom. The summed E-state index contributed by atoms with van der Waals surface area (Å²) >= 11 is 0. The summed E-state index contributed by atoms with van der Waals surface area (Å²) in [4.78, 5) is 7.25. The van der Waals surface area contributed by atoms with Crippen molar-refractivity contribution in [3.63, 3.8) is 0 Å². The van der Waals surface area contributed by atoms with E-state index in [0.717, 1.165) is 11.0 Å². The number of aromatic nitrogens is 2. The minimum atomic E-state index is -0.00594. The average molecular weight is 162 g/mol. The first kappa shape index (κ1) is 7.31. The molecule has 2 heterocycles. The van der Waals surface area contributed by atoms with E-state index >= 15 is 0 Å². The summed E-state index contributed by atoms with van der Waals surface area (Å²) in [5.41, 5.74) is 2.73. The van der Waals surface area contributed by atoms with E-state index in [9.17, 15) is 0 Å². The molecule has 62 valence electrons. The first-order chi connectivity index (χ1) is 5.81. The topological polar surface area (TPSA) is 48.9 Å². The molecule has 0 aliphatic carbocycles. The number of pyridine rings is 1.